The number of nitrogens with one attached hydrogen (secondary N) is 3. The van der Waals surface area contributed by atoms with E-state index in [-0.39, 0.29) is 30.2 Å². The Hall–Kier alpha value is -3.69. The fraction of sp³-hybridized carbons (Fsp3) is 0.250. The molecule has 2 heterocycles. The third-order valence-electron chi connectivity index (χ3n) is 5.58. The Balaban J connectivity index is 1.61. The van der Waals surface area contributed by atoms with Gasteiger partial charge in [0, 0.05) is 36.0 Å². The van der Waals surface area contributed by atoms with Crippen LogP contribution < -0.4 is 10.6 Å². The van der Waals surface area contributed by atoms with Crippen LogP contribution in [0.15, 0.2) is 48.5 Å². The van der Waals surface area contributed by atoms with Crippen LogP contribution in [0, 0.1) is 11.6 Å². The number of amides is 2. The molecule has 1 aromatic heterocycles. The first-order valence-electron chi connectivity index (χ1n) is 10.5. The molecule has 1 unspecified atom stereocenters. The zero-order chi connectivity index (χ0) is 24.5. The fourth-order valence-corrected chi connectivity index (χ4v) is 3.89. The van der Waals surface area contributed by atoms with Crippen molar-refractivity contribution in [2.45, 2.75) is 31.5 Å². The van der Waals surface area contributed by atoms with Crippen molar-refractivity contribution >= 4 is 11.8 Å². The van der Waals surface area contributed by atoms with Crippen LogP contribution in [0.3, 0.4) is 0 Å². The van der Waals surface area contributed by atoms with Gasteiger partial charge in [0.25, 0.3) is 0 Å². The Bertz CT molecular complexity index is 1200. The van der Waals surface area contributed by atoms with E-state index in [1.165, 1.54) is 12.1 Å². The second-order valence-electron chi connectivity index (χ2n) is 8.02. The molecule has 0 radical (unpaired) electrons. The molecule has 0 bridgehead atoms. The Morgan fingerprint density at radius 2 is 1.68 bits per heavy atom. The van der Waals surface area contributed by atoms with Crippen molar-refractivity contribution in [3.8, 4) is 22.5 Å². The van der Waals surface area contributed by atoms with Gasteiger partial charge in [0.1, 0.15) is 17.7 Å². The first kappa shape index (κ1) is 23.5. The van der Waals surface area contributed by atoms with E-state index in [1.807, 2.05) is 0 Å². The maximum Gasteiger partial charge on any atom is 0.416 e. The maximum atomic E-state index is 13.8. The van der Waals surface area contributed by atoms with Crippen molar-refractivity contribution in [3.05, 3.63) is 71.3 Å². The number of aromatic nitrogens is 1. The van der Waals surface area contributed by atoms with Gasteiger partial charge in [-0.05, 0) is 54.3 Å². The summed E-state index contributed by atoms with van der Waals surface area (Å²) in [6.07, 6.45) is -3.82. The average Bonchev–Trinajstić information content (AvgIpc) is 3.37. The molecule has 2 aromatic carbocycles. The molecule has 1 aliphatic rings. The zero-order valence-electron chi connectivity index (χ0n) is 17.7. The number of hydrogen-bond donors (Lipinski definition) is 3. The minimum absolute atomic E-state index is 0.00111. The van der Waals surface area contributed by atoms with E-state index in [9.17, 15) is 31.5 Å². The Morgan fingerprint density at radius 1 is 1.00 bits per heavy atom. The van der Waals surface area contributed by atoms with Crippen LogP contribution in [-0.4, -0.2) is 29.4 Å². The summed E-state index contributed by atoms with van der Waals surface area (Å²) < 4.78 is 66.4. The van der Waals surface area contributed by atoms with Gasteiger partial charge in [-0.15, -0.1) is 0 Å². The summed E-state index contributed by atoms with van der Waals surface area (Å²) >= 11 is 0. The summed E-state index contributed by atoms with van der Waals surface area (Å²) in [6.45, 7) is 0.480. The number of alkyl halides is 3. The van der Waals surface area contributed by atoms with Crippen LogP contribution in [0.25, 0.3) is 22.5 Å². The SMILES string of the molecule is O=C(CCc1cc(-c2ccc(C(F)(F)F)cc2)[nH]c1-c1cc(F)cc(F)c1)NC1CCNC1=O. The van der Waals surface area contributed by atoms with Crippen molar-refractivity contribution in [1.82, 2.24) is 15.6 Å². The average molecular weight is 477 g/mol. The number of carbonyl (C=O) groups is 2. The summed E-state index contributed by atoms with van der Waals surface area (Å²) in [5.41, 5.74) is 1.15. The van der Waals surface area contributed by atoms with E-state index in [0.29, 0.717) is 35.5 Å². The third kappa shape index (κ3) is 5.27. The number of H-pyrrole nitrogens is 1. The molecule has 4 rings (SSSR count). The highest BCUT2D eigenvalue weighted by Crippen LogP contribution is 2.33. The van der Waals surface area contributed by atoms with Gasteiger partial charge < -0.3 is 15.6 Å². The summed E-state index contributed by atoms with van der Waals surface area (Å²) in [6, 6.07) is 8.47. The number of benzene rings is 2. The van der Waals surface area contributed by atoms with E-state index in [4.69, 9.17) is 0 Å². The fourth-order valence-electron chi connectivity index (χ4n) is 3.89. The van der Waals surface area contributed by atoms with Gasteiger partial charge in [0.15, 0.2) is 0 Å². The van der Waals surface area contributed by atoms with Gasteiger partial charge >= 0.3 is 6.18 Å². The molecular formula is C24H20F5N3O2. The van der Waals surface area contributed by atoms with Crippen LogP contribution in [0.4, 0.5) is 22.0 Å². The van der Waals surface area contributed by atoms with Gasteiger partial charge in [-0.3, -0.25) is 9.59 Å². The topological polar surface area (TPSA) is 74.0 Å². The number of aromatic amines is 1. The molecule has 3 aromatic rings. The lowest BCUT2D eigenvalue weighted by Gasteiger charge is -2.10. The van der Waals surface area contributed by atoms with Crippen molar-refractivity contribution in [1.29, 1.82) is 0 Å². The lowest BCUT2D eigenvalue weighted by Crippen LogP contribution is -2.40. The molecule has 1 aliphatic heterocycles. The Kier molecular flexibility index (Phi) is 6.41. The molecule has 1 saturated heterocycles. The van der Waals surface area contributed by atoms with Crippen molar-refractivity contribution in [3.63, 3.8) is 0 Å². The molecule has 0 aliphatic carbocycles. The molecule has 0 saturated carbocycles. The van der Waals surface area contributed by atoms with Gasteiger partial charge in [-0.2, -0.15) is 13.2 Å². The first-order chi connectivity index (χ1) is 16.1. The van der Waals surface area contributed by atoms with Crippen molar-refractivity contribution in [2.75, 3.05) is 6.54 Å². The molecule has 34 heavy (non-hydrogen) atoms. The molecule has 10 heteroatoms. The summed E-state index contributed by atoms with van der Waals surface area (Å²) in [4.78, 5) is 27.0. The predicted octanol–water partition coefficient (Wildman–Crippen LogP) is 4.58. The quantitative estimate of drug-likeness (QED) is 0.455. The molecule has 1 fully saturated rings. The van der Waals surface area contributed by atoms with Gasteiger partial charge in [-0.25, -0.2) is 8.78 Å². The largest absolute Gasteiger partial charge is 0.416 e. The first-order valence-corrected chi connectivity index (χ1v) is 10.5. The van der Waals surface area contributed by atoms with E-state index < -0.39 is 29.4 Å². The lowest BCUT2D eigenvalue weighted by molar-refractivity contribution is -0.137. The highest BCUT2D eigenvalue weighted by atomic mass is 19.4. The minimum Gasteiger partial charge on any atom is -0.354 e. The molecule has 3 N–H and O–H groups in total. The van der Waals surface area contributed by atoms with E-state index in [1.54, 1.807) is 6.07 Å². The van der Waals surface area contributed by atoms with E-state index in [0.717, 1.165) is 30.3 Å². The van der Waals surface area contributed by atoms with Crippen LogP contribution in [0.2, 0.25) is 0 Å². The minimum atomic E-state index is -4.48. The second kappa shape index (κ2) is 9.28. The molecular weight excluding hydrogens is 457 g/mol. The van der Waals surface area contributed by atoms with Gasteiger partial charge in [-0.1, -0.05) is 12.1 Å². The van der Waals surface area contributed by atoms with Crippen LogP contribution >= 0.6 is 0 Å². The molecule has 1 atom stereocenters. The van der Waals surface area contributed by atoms with E-state index in [2.05, 4.69) is 15.6 Å². The maximum absolute atomic E-state index is 13.8. The molecule has 5 nitrogen and oxygen atoms in total. The third-order valence-corrected chi connectivity index (χ3v) is 5.58. The van der Waals surface area contributed by atoms with Crippen LogP contribution in [0.1, 0.15) is 24.0 Å². The lowest BCUT2D eigenvalue weighted by atomic mass is 10.0. The highest BCUT2D eigenvalue weighted by molar-refractivity contribution is 5.89. The zero-order valence-corrected chi connectivity index (χ0v) is 17.7. The number of carbonyl (C=O) groups excluding carboxylic acids is 2. The molecule has 178 valence electrons. The van der Waals surface area contributed by atoms with Crippen LogP contribution in [0.5, 0.6) is 0 Å². The van der Waals surface area contributed by atoms with Crippen LogP contribution in [-0.2, 0) is 22.2 Å². The highest BCUT2D eigenvalue weighted by Gasteiger charge is 2.30. The molecule has 0 spiro atoms. The van der Waals surface area contributed by atoms with Crippen molar-refractivity contribution in [2.24, 2.45) is 0 Å². The predicted molar refractivity (Wildman–Crippen MR) is 114 cm³/mol. The second-order valence-corrected chi connectivity index (χ2v) is 8.02. The standard InChI is InChI=1S/C24H20F5N3O2/c25-17-9-15(10-18(26)12-17)22-14(3-6-21(33)31-19-7-8-30-23(19)34)11-20(32-22)13-1-4-16(5-2-13)24(27,28)29/h1-2,4-5,9-12,19,32H,3,6-8H2,(H,30,34)(H,31,33). The summed E-state index contributed by atoms with van der Waals surface area (Å²) in [5, 5.41) is 5.27. The smallest absolute Gasteiger partial charge is 0.354 e. The monoisotopic (exact) mass is 477 g/mol. The van der Waals surface area contributed by atoms with E-state index >= 15 is 0 Å². The normalized spacial score (nSPS) is 15.9. The number of aryl methyl sites for hydroxylation is 1. The van der Waals surface area contributed by atoms with Gasteiger partial charge in [0.05, 0.1) is 5.56 Å². The summed E-state index contributed by atoms with van der Waals surface area (Å²) in [5.74, 6) is -2.21. The molecule has 2 amide bonds. The van der Waals surface area contributed by atoms with Gasteiger partial charge in [0.2, 0.25) is 11.8 Å². The Labute approximate surface area is 191 Å². The number of hydrogen-bond acceptors (Lipinski definition) is 2. The summed E-state index contributed by atoms with van der Waals surface area (Å²) in [7, 11) is 0. The number of rotatable bonds is 6. The van der Waals surface area contributed by atoms with Crippen molar-refractivity contribution < 1.29 is 31.5 Å². The Morgan fingerprint density at radius 3 is 2.26 bits per heavy atom. The number of halogens is 5.